The normalized spacial score (nSPS) is 10.3. The van der Waals surface area contributed by atoms with E-state index in [9.17, 15) is 0 Å². The number of hydrogen-bond donors (Lipinski definition) is 1. The largest absolute Gasteiger partial charge is 0.278 e. The number of rotatable bonds is 1. The second kappa shape index (κ2) is 4.96. The Hall–Kier alpha value is -1.31. The lowest BCUT2D eigenvalue weighted by molar-refractivity contribution is 0.870. The van der Waals surface area contributed by atoms with Crippen LogP contribution in [0.5, 0.6) is 0 Å². The summed E-state index contributed by atoms with van der Waals surface area (Å²) in [7, 11) is 0. The number of fused-ring (bicyclic) bond motifs is 1. The van der Waals surface area contributed by atoms with Gasteiger partial charge in [-0.15, -0.1) is 0 Å². The monoisotopic (exact) mass is 204 g/mol. The van der Waals surface area contributed by atoms with Crippen LogP contribution in [-0.4, -0.2) is 10.2 Å². The van der Waals surface area contributed by atoms with E-state index in [-0.39, 0.29) is 0 Å². The number of nitrogens with one attached hydrogen (secondary N) is 1. The molecule has 0 spiro atoms. The van der Waals surface area contributed by atoms with Gasteiger partial charge in [-0.1, -0.05) is 39.8 Å². The predicted octanol–water partition coefficient (Wildman–Crippen LogP) is 4.02. The fourth-order valence-corrected chi connectivity index (χ4v) is 1.67. The highest BCUT2D eigenvalue weighted by Gasteiger charge is 2.07. The maximum absolute atomic E-state index is 4.08. The van der Waals surface area contributed by atoms with Gasteiger partial charge in [-0.3, -0.25) is 5.10 Å². The number of benzene rings is 1. The first-order chi connectivity index (χ1) is 7.20. The summed E-state index contributed by atoms with van der Waals surface area (Å²) in [5.74, 6) is 0.545. The van der Waals surface area contributed by atoms with Crippen molar-refractivity contribution in [1.82, 2.24) is 10.2 Å². The van der Waals surface area contributed by atoms with Crippen LogP contribution in [-0.2, 0) is 0 Å². The quantitative estimate of drug-likeness (QED) is 0.746. The van der Waals surface area contributed by atoms with E-state index in [1.807, 2.05) is 20.0 Å². The lowest BCUT2D eigenvalue weighted by Gasteiger charge is -2.07. The van der Waals surface area contributed by atoms with E-state index in [0.717, 1.165) is 0 Å². The molecular formula is C13H20N2. The van der Waals surface area contributed by atoms with E-state index in [4.69, 9.17) is 0 Å². The molecule has 82 valence electrons. The average molecular weight is 204 g/mol. The number of H-pyrrole nitrogens is 1. The number of aryl methyl sites for hydroxylation is 1. The smallest absolute Gasteiger partial charge is 0.0687 e. The van der Waals surface area contributed by atoms with Gasteiger partial charge in [-0.25, -0.2) is 0 Å². The first-order valence-corrected chi connectivity index (χ1v) is 5.62. The van der Waals surface area contributed by atoms with Crippen LogP contribution >= 0.6 is 0 Å². The summed E-state index contributed by atoms with van der Waals surface area (Å²) in [5.41, 5.74) is 3.82. The van der Waals surface area contributed by atoms with E-state index in [2.05, 4.69) is 43.1 Å². The molecule has 0 bridgehead atoms. The molecule has 0 aliphatic heterocycles. The Morgan fingerprint density at radius 3 is 2.47 bits per heavy atom. The van der Waals surface area contributed by atoms with Gasteiger partial charge < -0.3 is 0 Å². The molecule has 2 nitrogen and oxygen atoms in total. The zero-order valence-electron chi connectivity index (χ0n) is 10.3. The topological polar surface area (TPSA) is 28.7 Å². The van der Waals surface area contributed by atoms with Crippen molar-refractivity contribution in [3.63, 3.8) is 0 Å². The van der Waals surface area contributed by atoms with Gasteiger partial charge in [-0.2, -0.15) is 5.10 Å². The van der Waals surface area contributed by atoms with Gasteiger partial charge in [0.2, 0.25) is 0 Å². The van der Waals surface area contributed by atoms with Crippen LogP contribution in [0.2, 0.25) is 0 Å². The standard InChI is InChI=1S/C11H14N2.C2H6/c1-7(2)9-5-4-8(3)10-6-12-13-11(9)10;1-2/h4-7H,1-3H3,(H,12,13);1-2H3. The molecule has 1 aromatic carbocycles. The predicted molar refractivity (Wildman–Crippen MR) is 66.3 cm³/mol. The highest BCUT2D eigenvalue weighted by Crippen LogP contribution is 2.25. The molecule has 0 saturated heterocycles. The van der Waals surface area contributed by atoms with Gasteiger partial charge in [0.05, 0.1) is 11.7 Å². The van der Waals surface area contributed by atoms with E-state index in [0.29, 0.717) is 5.92 Å². The van der Waals surface area contributed by atoms with Crippen LogP contribution in [0, 0.1) is 6.92 Å². The summed E-state index contributed by atoms with van der Waals surface area (Å²) < 4.78 is 0. The number of nitrogens with zero attached hydrogens (tertiary/aromatic N) is 1. The zero-order valence-corrected chi connectivity index (χ0v) is 10.3. The molecule has 2 heteroatoms. The van der Waals surface area contributed by atoms with Gasteiger partial charge >= 0.3 is 0 Å². The Balaban J connectivity index is 0.000000531. The highest BCUT2D eigenvalue weighted by molar-refractivity contribution is 5.84. The average Bonchev–Trinajstić information content (AvgIpc) is 2.70. The van der Waals surface area contributed by atoms with Gasteiger partial charge in [0.1, 0.15) is 0 Å². The third-order valence-electron chi connectivity index (χ3n) is 2.49. The fraction of sp³-hybridized carbons (Fsp3) is 0.462. The summed E-state index contributed by atoms with van der Waals surface area (Å²) in [4.78, 5) is 0. The third-order valence-corrected chi connectivity index (χ3v) is 2.49. The first-order valence-electron chi connectivity index (χ1n) is 5.62. The number of hydrogen-bond acceptors (Lipinski definition) is 1. The van der Waals surface area contributed by atoms with Gasteiger partial charge in [0.25, 0.3) is 0 Å². The summed E-state index contributed by atoms with van der Waals surface area (Å²) in [6.45, 7) is 10.5. The molecule has 0 amide bonds. The molecule has 1 N–H and O–H groups in total. The molecule has 0 aliphatic rings. The van der Waals surface area contributed by atoms with Crippen molar-refractivity contribution in [1.29, 1.82) is 0 Å². The zero-order chi connectivity index (χ0) is 11.4. The summed E-state index contributed by atoms with van der Waals surface area (Å²) >= 11 is 0. The molecule has 0 aliphatic carbocycles. The molecule has 0 radical (unpaired) electrons. The molecule has 2 rings (SSSR count). The van der Waals surface area contributed by atoms with Crippen molar-refractivity contribution in [3.8, 4) is 0 Å². The molecule has 1 aromatic heterocycles. The third kappa shape index (κ3) is 2.20. The van der Waals surface area contributed by atoms with Gasteiger partial charge in [0, 0.05) is 5.39 Å². The molecule has 15 heavy (non-hydrogen) atoms. The maximum Gasteiger partial charge on any atom is 0.0687 e. The molecular weight excluding hydrogens is 184 g/mol. The fourth-order valence-electron chi connectivity index (χ4n) is 1.67. The second-order valence-electron chi connectivity index (χ2n) is 3.79. The van der Waals surface area contributed by atoms with E-state index >= 15 is 0 Å². The van der Waals surface area contributed by atoms with Crippen LogP contribution in [0.15, 0.2) is 18.3 Å². The Morgan fingerprint density at radius 1 is 1.20 bits per heavy atom. The SMILES string of the molecule is CC.Cc1ccc(C(C)C)c2[nH]ncc12. The van der Waals surface area contributed by atoms with E-state index in [1.54, 1.807) is 0 Å². The molecule has 1 heterocycles. The van der Waals surface area contributed by atoms with Crippen LogP contribution in [0.25, 0.3) is 10.9 Å². The van der Waals surface area contributed by atoms with Gasteiger partial charge in [0.15, 0.2) is 0 Å². The van der Waals surface area contributed by atoms with Crippen LogP contribution < -0.4 is 0 Å². The molecule has 0 fully saturated rings. The van der Waals surface area contributed by atoms with Crippen LogP contribution in [0.1, 0.15) is 44.7 Å². The molecule has 0 atom stereocenters. The van der Waals surface area contributed by atoms with Crippen LogP contribution in [0.4, 0.5) is 0 Å². The van der Waals surface area contributed by atoms with Crippen molar-refractivity contribution >= 4 is 10.9 Å². The Morgan fingerprint density at radius 2 is 1.87 bits per heavy atom. The van der Waals surface area contributed by atoms with Crippen molar-refractivity contribution in [2.24, 2.45) is 0 Å². The molecule has 2 aromatic rings. The van der Waals surface area contributed by atoms with Crippen molar-refractivity contribution in [2.75, 3.05) is 0 Å². The summed E-state index contributed by atoms with van der Waals surface area (Å²) in [5, 5.41) is 8.38. The molecule has 0 unspecified atom stereocenters. The van der Waals surface area contributed by atoms with Gasteiger partial charge in [-0.05, 0) is 24.0 Å². The summed E-state index contributed by atoms with van der Waals surface area (Å²) in [6.07, 6.45) is 1.90. The second-order valence-corrected chi connectivity index (χ2v) is 3.79. The minimum atomic E-state index is 0.545. The molecule has 0 saturated carbocycles. The van der Waals surface area contributed by atoms with E-state index in [1.165, 1.54) is 22.0 Å². The lowest BCUT2D eigenvalue weighted by Crippen LogP contribution is -1.90. The van der Waals surface area contributed by atoms with Crippen molar-refractivity contribution in [3.05, 3.63) is 29.5 Å². The highest BCUT2D eigenvalue weighted by atomic mass is 15.1. The Bertz CT molecular complexity index is 427. The van der Waals surface area contributed by atoms with Crippen molar-refractivity contribution < 1.29 is 0 Å². The minimum Gasteiger partial charge on any atom is -0.278 e. The van der Waals surface area contributed by atoms with Crippen LogP contribution in [0.3, 0.4) is 0 Å². The number of aromatic nitrogens is 2. The Kier molecular flexibility index (Phi) is 3.89. The first kappa shape index (κ1) is 11.8. The maximum atomic E-state index is 4.08. The van der Waals surface area contributed by atoms with Crippen molar-refractivity contribution in [2.45, 2.75) is 40.5 Å². The lowest BCUT2D eigenvalue weighted by atomic mass is 9.98. The minimum absolute atomic E-state index is 0.545. The summed E-state index contributed by atoms with van der Waals surface area (Å²) in [6, 6.07) is 4.34. The number of aromatic amines is 1. The van der Waals surface area contributed by atoms with E-state index < -0.39 is 0 Å². The Labute approximate surface area is 91.7 Å².